The van der Waals surface area contributed by atoms with Crippen LogP contribution in [0.4, 0.5) is 26.0 Å². The molecule has 0 unspecified atom stereocenters. The van der Waals surface area contributed by atoms with Crippen molar-refractivity contribution in [2.24, 2.45) is 0 Å². The van der Waals surface area contributed by atoms with Gasteiger partial charge in [0.25, 0.3) is 5.91 Å². The van der Waals surface area contributed by atoms with E-state index in [4.69, 9.17) is 0 Å². The first-order chi connectivity index (χ1) is 12.0. The molecule has 0 spiro atoms. The number of hydrogen-bond acceptors (Lipinski definition) is 4. The van der Waals surface area contributed by atoms with Crippen LogP contribution in [-0.4, -0.2) is 15.9 Å². The van der Waals surface area contributed by atoms with Gasteiger partial charge in [-0.25, -0.2) is 18.7 Å². The van der Waals surface area contributed by atoms with E-state index in [-0.39, 0.29) is 11.5 Å². The summed E-state index contributed by atoms with van der Waals surface area (Å²) in [5.41, 5.74) is 1.08. The first kappa shape index (κ1) is 16.5. The van der Waals surface area contributed by atoms with Gasteiger partial charge in [-0.1, -0.05) is 6.07 Å². The second kappa shape index (κ2) is 7.04. The molecule has 25 heavy (non-hydrogen) atoms. The molecule has 0 aliphatic rings. The number of carbonyl (C=O) groups excluding carboxylic acids is 1. The summed E-state index contributed by atoms with van der Waals surface area (Å²) in [7, 11) is 0. The maximum atomic E-state index is 13.2. The average molecular weight is 340 g/mol. The second-order valence-electron chi connectivity index (χ2n) is 5.28. The smallest absolute Gasteiger partial charge is 0.274 e. The molecule has 7 heteroatoms. The van der Waals surface area contributed by atoms with E-state index in [1.54, 1.807) is 25.1 Å². The molecule has 0 saturated carbocycles. The van der Waals surface area contributed by atoms with Crippen molar-refractivity contribution in [3.8, 4) is 0 Å². The summed E-state index contributed by atoms with van der Waals surface area (Å²) in [4.78, 5) is 20.6. The number of halogens is 2. The Morgan fingerprint density at radius 1 is 0.920 bits per heavy atom. The summed E-state index contributed by atoms with van der Waals surface area (Å²) < 4.78 is 26.2. The van der Waals surface area contributed by atoms with Crippen molar-refractivity contribution < 1.29 is 13.6 Å². The lowest BCUT2D eigenvalue weighted by Gasteiger charge is -2.09. The molecule has 0 fully saturated rings. The van der Waals surface area contributed by atoms with E-state index >= 15 is 0 Å². The summed E-state index contributed by atoms with van der Waals surface area (Å²) in [6, 6.07) is 12.8. The highest BCUT2D eigenvalue weighted by atomic mass is 19.1. The summed E-state index contributed by atoms with van der Waals surface area (Å²) in [6.45, 7) is 1.65. The molecule has 0 saturated heterocycles. The van der Waals surface area contributed by atoms with Gasteiger partial charge in [0.2, 0.25) is 0 Å². The van der Waals surface area contributed by atoms with Crippen LogP contribution in [0.2, 0.25) is 0 Å². The van der Waals surface area contributed by atoms with Gasteiger partial charge in [0, 0.05) is 17.4 Å². The van der Waals surface area contributed by atoms with Crippen molar-refractivity contribution in [3.63, 3.8) is 0 Å². The first-order valence-electron chi connectivity index (χ1n) is 7.45. The van der Waals surface area contributed by atoms with Crippen LogP contribution < -0.4 is 10.6 Å². The van der Waals surface area contributed by atoms with E-state index in [0.29, 0.717) is 23.0 Å². The standard InChI is InChI=1S/C18H14F2N4O/c1-11-21-16(18(25)24-15-4-2-3-13(20)9-15)10-17(22-11)23-14-7-5-12(19)6-8-14/h2-10H,1H3,(H,24,25)(H,21,22,23). The average Bonchev–Trinajstić information content (AvgIpc) is 2.56. The van der Waals surface area contributed by atoms with Crippen LogP contribution in [0, 0.1) is 18.6 Å². The number of aryl methyl sites for hydroxylation is 1. The molecule has 5 nitrogen and oxygen atoms in total. The highest BCUT2D eigenvalue weighted by Gasteiger charge is 2.11. The van der Waals surface area contributed by atoms with Gasteiger partial charge in [0.15, 0.2) is 0 Å². The van der Waals surface area contributed by atoms with Gasteiger partial charge in [0.05, 0.1) is 0 Å². The highest BCUT2D eigenvalue weighted by Crippen LogP contribution is 2.17. The van der Waals surface area contributed by atoms with Crippen molar-refractivity contribution in [3.05, 3.63) is 77.8 Å². The number of amides is 1. The van der Waals surface area contributed by atoms with E-state index in [0.717, 1.165) is 0 Å². The fourth-order valence-corrected chi connectivity index (χ4v) is 2.19. The van der Waals surface area contributed by atoms with Gasteiger partial charge in [0.1, 0.15) is 29.0 Å². The van der Waals surface area contributed by atoms with Crippen LogP contribution in [0.1, 0.15) is 16.3 Å². The lowest BCUT2D eigenvalue weighted by Crippen LogP contribution is -2.15. The normalized spacial score (nSPS) is 10.4. The van der Waals surface area contributed by atoms with Crippen LogP contribution in [0.15, 0.2) is 54.6 Å². The molecule has 2 aromatic carbocycles. The number of rotatable bonds is 4. The zero-order valence-corrected chi connectivity index (χ0v) is 13.3. The minimum Gasteiger partial charge on any atom is -0.340 e. The van der Waals surface area contributed by atoms with Gasteiger partial charge >= 0.3 is 0 Å². The predicted octanol–water partition coefficient (Wildman–Crippen LogP) is 4.06. The Labute approximate surface area is 142 Å². The molecule has 1 amide bonds. The van der Waals surface area contributed by atoms with Crippen molar-refractivity contribution in [1.82, 2.24) is 9.97 Å². The van der Waals surface area contributed by atoms with E-state index in [2.05, 4.69) is 20.6 Å². The van der Waals surface area contributed by atoms with Gasteiger partial charge in [-0.3, -0.25) is 4.79 Å². The van der Waals surface area contributed by atoms with Crippen molar-refractivity contribution >= 4 is 23.1 Å². The molecular formula is C18H14F2N4O. The van der Waals surface area contributed by atoms with E-state index < -0.39 is 11.7 Å². The van der Waals surface area contributed by atoms with E-state index in [1.165, 1.54) is 36.4 Å². The fourth-order valence-electron chi connectivity index (χ4n) is 2.19. The Balaban J connectivity index is 1.80. The Hall–Kier alpha value is -3.35. The molecule has 2 N–H and O–H groups in total. The second-order valence-corrected chi connectivity index (χ2v) is 5.28. The van der Waals surface area contributed by atoms with Crippen LogP contribution in [0.3, 0.4) is 0 Å². The maximum absolute atomic E-state index is 13.2. The zero-order chi connectivity index (χ0) is 17.8. The molecule has 0 aliphatic heterocycles. The maximum Gasteiger partial charge on any atom is 0.274 e. The number of benzene rings is 2. The Bertz CT molecular complexity index is 913. The number of anilines is 3. The molecule has 1 aromatic heterocycles. The number of carbonyl (C=O) groups is 1. The summed E-state index contributed by atoms with van der Waals surface area (Å²) in [5, 5.41) is 5.56. The third-order valence-electron chi connectivity index (χ3n) is 3.27. The van der Waals surface area contributed by atoms with Crippen molar-refractivity contribution in [2.45, 2.75) is 6.92 Å². The molecule has 0 radical (unpaired) electrons. The van der Waals surface area contributed by atoms with Gasteiger partial charge in [-0.15, -0.1) is 0 Å². The molecule has 0 bridgehead atoms. The number of hydrogen-bond donors (Lipinski definition) is 2. The number of nitrogens with one attached hydrogen (secondary N) is 2. The lowest BCUT2D eigenvalue weighted by atomic mass is 10.2. The van der Waals surface area contributed by atoms with Crippen LogP contribution >= 0.6 is 0 Å². The third-order valence-corrected chi connectivity index (χ3v) is 3.27. The Kier molecular flexibility index (Phi) is 4.65. The van der Waals surface area contributed by atoms with Crippen molar-refractivity contribution in [1.29, 1.82) is 0 Å². The molecular weight excluding hydrogens is 326 g/mol. The molecule has 0 aliphatic carbocycles. The van der Waals surface area contributed by atoms with Crippen molar-refractivity contribution in [2.75, 3.05) is 10.6 Å². The fraction of sp³-hybridized carbons (Fsp3) is 0.0556. The quantitative estimate of drug-likeness (QED) is 0.752. The summed E-state index contributed by atoms with van der Waals surface area (Å²) in [6.07, 6.45) is 0. The number of nitrogens with zero attached hydrogens (tertiary/aromatic N) is 2. The minimum atomic E-state index is -0.488. The topological polar surface area (TPSA) is 66.9 Å². The Morgan fingerprint density at radius 2 is 1.68 bits per heavy atom. The monoisotopic (exact) mass is 340 g/mol. The van der Waals surface area contributed by atoms with Crippen LogP contribution in [0.5, 0.6) is 0 Å². The molecule has 3 aromatic rings. The largest absolute Gasteiger partial charge is 0.340 e. The number of aromatic nitrogens is 2. The van der Waals surface area contributed by atoms with Crippen LogP contribution in [0.25, 0.3) is 0 Å². The molecule has 1 heterocycles. The minimum absolute atomic E-state index is 0.126. The van der Waals surface area contributed by atoms with Crippen LogP contribution in [-0.2, 0) is 0 Å². The molecule has 3 rings (SSSR count). The zero-order valence-electron chi connectivity index (χ0n) is 13.3. The predicted molar refractivity (Wildman–Crippen MR) is 90.8 cm³/mol. The van der Waals surface area contributed by atoms with Gasteiger partial charge in [-0.05, 0) is 49.4 Å². The van der Waals surface area contributed by atoms with Gasteiger partial charge < -0.3 is 10.6 Å². The highest BCUT2D eigenvalue weighted by molar-refractivity contribution is 6.03. The third kappa shape index (κ3) is 4.35. The first-order valence-corrected chi connectivity index (χ1v) is 7.45. The van der Waals surface area contributed by atoms with E-state index in [1.807, 2.05) is 0 Å². The van der Waals surface area contributed by atoms with E-state index in [9.17, 15) is 13.6 Å². The lowest BCUT2D eigenvalue weighted by molar-refractivity contribution is 0.102. The summed E-state index contributed by atoms with van der Waals surface area (Å²) in [5.74, 6) is -0.506. The SMILES string of the molecule is Cc1nc(Nc2ccc(F)cc2)cc(C(=O)Nc2cccc(F)c2)n1. The summed E-state index contributed by atoms with van der Waals surface area (Å²) >= 11 is 0. The Morgan fingerprint density at radius 3 is 2.40 bits per heavy atom. The molecule has 0 atom stereocenters. The molecule has 126 valence electrons. The van der Waals surface area contributed by atoms with Gasteiger partial charge in [-0.2, -0.15) is 0 Å².